The van der Waals surface area contributed by atoms with Crippen molar-refractivity contribution in [3.63, 3.8) is 0 Å². The monoisotopic (exact) mass is 298 g/mol. The second-order valence-electron chi connectivity index (χ2n) is 5.08. The van der Waals surface area contributed by atoms with Crippen molar-refractivity contribution in [2.75, 3.05) is 11.9 Å². The van der Waals surface area contributed by atoms with Crippen LogP contribution >= 0.6 is 0 Å². The molecule has 0 bridgehead atoms. The SMILES string of the molecule is CCCOc1ccccc1NC(=O)NCc1ccccc1C. The summed E-state index contributed by atoms with van der Waals surface area (Å²) >= 11 is 0. The number of benzene rings is 2. The van der Waals surface area contributed by atoms with Gasteiger partial charge < -0.3 is 15.4 Å². The molecule has 2 rings (SSSR count). The number of ether oxygens (including phenoxy) is 1. The Kier molecular flexibility index (Phi) is 5.83. The van der Waals surface area contributed by atoms with Crippen LogP contribution in [0.15, 0.2) is 48.5 Å². The van der Waals surface area contributed by atoms with Gasteiger partial charge in [-0.1, -0.05) is 43.3 Å². The zero-order chi connectivity index (χ0) is 15.8. The van der Waals surface area contributed by atoms with Gasteiger partial charge in [-0.05, 0) is 36.6 Å². The van der Waals surface area contributed by atoms with E-state index in [4.69, 9.17) is 4.74 Å². The van der Waals surface area contributed by atoms with Crippen LogP contribution in [0.25, 0.3) is 0 Å². The van der Waals surface area contributed by atoms with E-state index in [0.29, 0.717) is 24.6 Å². The number of nitrogens with one attached hydrogen (secondary N) is 2. The first-order valence-corrected chi connectivity index (χ1v) is 7.52. The van der Waals surface area contributed by atoms with Gasteiger partial charge in [0.15, 0.2) is 0 Å². The summed E-state index contributed by atoms with van der Waals surface area (Å²) in [6.07, 6.45) is 0.924. The van der Waals surface area contributed by atoms with E-state index in [0.717, 1.165) is 17.5 Å². The van der Waals surface area contributed by atoms with E-state index >= 15 is 0 Å². The number of urea groups is 1. The molecule has 0 saturated heterocycles. The quantitative estimate of drug-likeness (QED) is 0.843. The molecule has 0 atom stereocenters. The van der Waals surface area contributed by atoms with Crippen molar-refractivity contribution < 1.29 is 9.53 Å². The lowest BCUT2D eigenvalue weighted by atomic mass is 10.1. The lowest BCUT2D eigenvalue weighted by Gasteiger charge is -2.13. The number of amides is 2. The number of para-hydroxylation sites is 2. The molecule has 0 aliphatic carbocycles. The molecular weight excluding hydrogens is 276 g/mol. The van der Waals surface area contributed by atoms with Crippen molar-refractivity contribution in [3.8, 4) is 5.75 Å². The van der Waals surface area contributed by atoms with Gasteiger partial charge in [-0.3, -0.25) is 0 Å². The highest BCUT2D eigenvalue weighted by Crippen LogP contribution is 2.23. The van der Waals surface area contributed by atoms with Crippen LogP contribution in [0.3, 0.4) is 0 Å². The normalized spacial score (nSPS) is 10.1. The van der Waals surface area contributed by atoms with Gasteiger partial charge in [0.25, 0.3) is 0 Å². The number of hydrogen-bond donors (Lipinski definition) is 2. The van der Waals surface area contributed by atoms with E-state index in [2.05, 4.69) is 10.6 Å². The lowest BCUT2D eigenvalue weighted by molar-refractivity contribution is 0.251. The highest BCUT2D eigenvalue weighted by molar-refractivity contribution is 5.90. The van der Waals surface area contributed by atoms with Crippen molar-refractivity contribution in [3.05, 3.63) is 59.7 Å². The fourth-order valence-corrected chi connectivity index (χ4v) is 2.06. The Morgan fingerprint density at radius 1 is 1.09 bits per heavy atom. The first-order valence-electron chi connectivity index (χ1n) is 7.52. The number of rotatable bonds is 6. The maximum atomic E-state index is 12.0. The fourth-order valence-electron chi connectivity index (χ4n) is 2.06. The summed E-state index contributed by atoms with van der Waals surface area (Å²) in [5, 5.41) is 5.70. The average Bonchev–Trinajstić information content (AvgIpc) is 2.53. The summed E-state index contributed by atoms with van der Waals surface area (Å²) < 4.78 is 5.63. The summed E-state index contributed by atoms with van der Waals surface area (Å²) in [5.41, 5.74) is 2.95. The van der Waals surface area contributed by atoms with Gasteiger partial charge in [0.1, 0.15) is 5.75 Å². The zero-order valence-electron chi connectivity index (χ0n) is 13.1. The van der Waals surface area contributed by atoms with Crippen LogP contribution in [-0.2, 0) is 6.54 Å². The number of aryl methyl sites for hydroxylation is 1. The summed E-state index contributed by atoms with van der Waals surface area (Å²) in [5.74, 6) is 0.690. The van der Waals surface area contributed by atoms with Gasteiger partial charge in [0.05, 0.1) is 12.3 Å². The van der Waals surface area contributed by atoms with Crippen molar-refractivity contribution in [2.24, 2.45) is 0 Å². The predicted octanol–water partition coefficient (Wildman–Crippen LogP) is 4.11. The molecule has 0 radical (unpaired) electrons. The molecule has 0 aliphatic rings. The highest BCUT2D eigenvalue weighted by Gasteiger charge is 2.07. The van der Waals surface area contributed by atoms with Crippen LogP contribution < -0.4 is 15.4 Å². The summed E-state index contributed by atoms with van der Waals surface area (Å²) in [7, 11) is 0. The topological polar surface area (TPSA) is 50.4 Å². The molecule has 0 heterocycles. The van der Waals surface area contributed by atoms with Crippen molar-refractivity contribution in [2.45, 2.75) is 26.8 Å². The second-order valence-corrected chi connectivity index (χ2v) is 5.08. The standard InChI is InChI=1S/C18H22N2O2/c1-3-12-22-17-11-7-6-10-16(17)20-18(21)19-13-15-9-5-4-8-14(15)2/h4-11H,3,12-13H2,1-2H3,(H2,19,20,21). The molecule has 0 fully saturated rings. The van der Waals surface area contributed by atoms with Crippen molar-refractivity contribution in [1.82, 2.24) is 5.32 Å². The molecule has 0 aliphatic heterocycles. The third-order valence-corrected chi connectivity index (χ3v) is 3.30. The molecule has 22 heavy (non-hydrogen) atoms. The molecule has 2 aromatic rings. The number of hydrogen-bond acceptors (Lipinski definition) is 2. The van der Waals surface area contributed by atoms with Crippen LogP contribution in [0.1, 0.15) is 24.5 Å². The van der Waals surface area contributed by atoms with E-state index in [-0.39, 0.29) is 6.03 Å². The fraction of sp³-hybridized carbons (Fsp3) is 0.278. The molecule has 0 aromatic heterocycles. The lowest BCUT2D eigenvalue weighted by Crippen LogP contribution is -2.28. The van der Waals surface area contributed by atoms with E-state index in [1.165, 1.54) is 0 Å². The Hall–Kier alpha value is -2.49. The maximum Gasteiger partial charge on any atom is 0.319 e. The molecule has 2 amide bonds. The summed E-state index contributed by atoms with van der Waals surface area (Å²) in [6.45, 7) is 5.20. The Labute approximate surface area is 131 Å². The molecule has 2 aromatic carbocycles. The van der Waals surface area contributed by atoms with Crippen LogP contribution in [0.5, 0.6) is 5.75 Å². The largest absolute Gasteiger partial charge is 0.491 e. The minimum atomic E-state index is -0.240. The zero-order valence-corrected chi connectivity index (χ0v) is 13.1. The molecule has 4 nitrogen and oxygen atoms in total. The smallest absolute Gasteiger partial charge is 0.319 e. The van der Waals surface area contributed by atoms with Gasteiger partial charge in [-0.2, -0.15) is 0 Å². The molecular formula is C18H22N2O2. The van der Waals surface area contributed by atoms with Crippen LogP contribution in [0.2, 0.25) is 0 Å². The van der Waals surface area contributed by atoms with Gasteiger partial charge in [0.2, 0.25) is 0 Å². The van der Waals surface area contributed by atoms with Crippen LogP contribution in [-0.4, -0.2) is 12.6 Å². The summed E-state index contributed by atoms with van der Waals surface area (Å²) in [4.78, 5) is 12.0. The maximum absolute atomic E-state index is 12.0. The Balaban J connectivity index is 1.93. The van der Waals surface area contributed by atoms with Gasteiger partial charge in [0, 0.05) is 6.54 Å². The minimum absolute atomic E-state index is 0.240. The Morgan fingerprint density at radius 3 is 2.59 bits per heavy atom. The van der Waals surface area contributed by atoms with Crippen molar-refractivity contribution in [1.29, 1.82) is 0 Å². The Bertz CT molecular complexity index is 626. The van der Waals surface area contributed by atoms with Gasteiger partial charge in [-0.25, -0.2) is 4.79 Å². The molecule has 116 valence electrons. The van der Waals surface area contributed by atoms with E-state index in [1.807, 2.05) is 62.4 Å². The molecule has 4 heteroatoms. The minimum Gasteiger partial charge on any atom is -0.491 e. The third kappa shape index (κ3) is 4.52. The number of anilines is 1. The van der Waals surface area contributed by atoms with Crippen LogP contribution in [0, 0.1) is 6.92 Å². The second kappa shape index (κ2) is 8.08. The number of carbonyl (C=O) groups excluding carboxylic acids is 1. The highest BCUT2D eigenvalue weighted by atomic mass is 16.5. The van der Waals surface area contributed by atoms with E-state index in [1.54, 1.807) is 0 Å². The van der Waals surface area contributed by atoms with Crippen LogP contribution in [0.4, 0.5) is 10.5 Å². The molecule has 2 N–H and O–H groups in total. The number of carbonyl (C=O) groups is 1. The van der Waals surface area contributed by atoms with E-state index < -0.39 is 0 Å². The third-order valence-electron chi connectivity index (χ3n) is 3.30. The molecule has 0 saturated carbocycles. The van der Waals surface area contributed by atoms with E-state index in [9.17, 15) is 4.79 Å². The van der Waals surface area contributed by atoms with Gasteiger partial charge >= 0.3 is 6.03 Å². The van der Waals surface area contributed by atoms with Crippen molar-refractivity contribution >= 4 is 11.7 Å². The molecule has 0 unspecified atom stereocenters. The predicted molar refractivity (Wildman–Crippen MR) is 89.3 cm³/mol. The Morgan fingerprint density at radius 2 is 1.82 bits per heavy atom. The molecule has 0 spiro atoms. The van der Waals surface area contributed by atoms with Gasteiger partial charge in [-0.15, -0.1) is 0 Å². The first kappa shape index (κ1) is 15.9. The summed E-state index contributed by atoms with van der Waals surface area (Å²) in [6, 6.07) is 15.2. The average molecular weight is 298 g/mol. The first-order chi connectivity index (χ1) is 10.7.